The first kappa shape index (κ1) is 43.6. The molecule has 4 unspecified atom stereocenters. The van der Waals surface area contributed by atoms with E-state index in [2.05, 4.69) is 131 Å². The van der Waals surface area contributed by atoms with E-state index in [0.717, 1.165) is 39.1 Å². The third-order valence-electron chi connectivity index (χ3n) is 13.1. The van der Waals surface area contributed by atoms with Gasteiger partial charge in [-0.15, -0.1) is 0 Å². The van der Waals surface area contributed by atoms with E-state index < -0.39 is 20.0 Å². The van der Waals surface area contributed by atoms with E-state index in [4.69, 9.17) is 0 Å². The number of piperidine rings is 2. The fourth-order valence-electron chi connectivity index (χ4n) is 9.60. The van der Waals surface area contributed by atoms with Gasteiger partial charge in [0.1, 0.15) is 0 Å². The van der Waals surface area contributed by atoms with E-state index in [9.17, 15) is 16.8 Å². The number of nitrogens with zero attached hydrogens (tertiary/aromatic N) is 1. The highest BCUT2D eigenvalue weighted by atomic mass is 127. The lowest BCUT2D eigenvalue weighted by atomic mass is 9.92. The fourth-order valence-corrected chi connectivity index (χ4v) is 11.1. The second-order valence-electron chi connectivity index (χ2n) is 17.1. The van der Waals surface area contributed by atoms with Crippen molar-refractivity contribution in [3.8, 4) is 0 Å². The van der Waals surface area contributed by atoms with E-state index in [-0.39, 0.29) is 10.8 Å². The van der Waals surface area contributed by atoms with Crippen molar-refractivity contribution in [1.29, 1.82) is 0 Å². The van der Waals surface area contributed by atoms with E-state index in [0.29, 0.717) is 35.0 Å². The van der Waals surface area contributed by atoms with Gasteiger partial charge in [0.2, 0.25) is 20.0 Å². The van der Waals surface area contributed by atoms with Crippen molar-refractivity contribution in [2.75, 3.05) is 59.1 Å². The Hall–Kier alpha value is -2.97. The Balaban J connectivity index is 0.000000161. The Morgan fingerprint density at radius 1 is 0.649 bits per heavy atom. The molecule has 3 N–H and O–H groups in total. The first-order valence-corrected chi connectivity index (χ1v) is 25.6. The van der Waals surface area contributed by atoms with Crippen molar-refractivity contribution >= 4 is 54.0 Å². The van der Waals surface area contributed by atoms with Gasteiger partial charge in [-0.2, -0.15) is 0 Å². The number of hydrogen-bond donors (Lipinski definition) is 3. The molecule has 8 nitrogen and oxygen atoms in total. The fraction of sp³-hybridized carbons (Fsp3) is 0.478. The molecule has 4 aromatic carbocycles. The highest BCUT2D eigenvalue weighted by molar-refractivity contribution is 14.1. The van der Waals surface area contributed by atoms with Gasteiger partial charge in [-0.05, 0) is 145 Å². The third-order valence-corrected chi connectivity index (χ3v) is 15.0. The largest absolute Gasteiger partial charge is 0.316 e. The topological polar surface area (TPSA) is 108 Å². The maximum Gasteiger partial charge on any atom is 0.229 e. The molecule has 8 rings (SSSR count). The van der Waals surface area contributed by atoms with Gasteiger partial charge in [0, 0.05) is 35.3 Å². The van der Waals surface area contributed by atoms with Crippen LogP contribution >= 0.6 is 22.6 Å². The number of likely N-dealkylation sites (tertiary alicyclic amines) is 1. The summed E-state index contributed by atoms with van der Waals surface area (Å²) < 4.78 is 52.0. The molecular weight excluding hydrogens is 864 g/mol. The molecule has 0 bridgehead atoms. The Morgan fingerprint density at radius 3 is 1.53 bits per heavy atom. The van der Waals surface area contributed by atoms with Crippen LogP contribution in [0.4, 0.5) is 11.4 Å². The SMILES string of the molecule is CC1(c2cccc(NS(C)(=O)=O)c2)C2CNCC21.Cc1ccccc1CCCI.Cc1ccccc1CCCN1CC2C(C1)C2(C)c1cccc(NS(C)(=O)=O)c1. The smallest absolute Gasteiger partial charge is 0.229 e. The molecule has 4 atom stereocenters. The summed E-state index contributed by atoms with van der Waals surface area (Å²) in [6.07, 6.45) is 7.25. The van der Waals surface area contributed by atoms with Gasteiger partial charge >= 0.3 is 0 Å². The third kappa shape index (κ3) is 10.8. The summed E-state index contributed by atoms with van der Waals surface area (Å²) in [5.41, 5.74) is 10.0. The van der Waals surface area contributed by atoms with Crippen molar-refractivity contribution in [1.82, 2.24) is 10.2 Å². The molecule has 57 heavy (non-hydrogen) atoms. The molecule has 2 saturated carbocycles. The zero-order valence-electron chi connectivity index (χ0n) is 34.4. The number of fused-ring (bicyclic) bond motifs is 2. The zero-order valence-corrected chi connectivity index (χ0v) is 38.2. The molecule has 0 radical (unpaired) electrons. The van der Waals surface area contributed by atoms with Gasteiger partial charge in [-0.3, -0.25) is 9.44 Å². The summed E-state index contributed by atoms with van der Waals surface area (Å²) in [7, 11) is -6.44. The molecule has 2 aliphatic carbocycles. The highest BCUT2D eigenvalue weighted by Gasteiger charge is 2.65. The minimum absolute atomic E-state index is 0.182. The van der Waals surface area contributed by atoms with Crippen LogP contribution in [0.5, 0.6) is 0 Å². The molecule has 11 heteroatoms. The molecule has 2 aliphatic heterocycles. The minimum Gasteiger partial charge on any atom is -0.316 e. The van der Waals surface area contributed by atoms with Gasteiger partial charge in [0.15, 0.2) is 0 Å². The maximum absolute atomic E-state index is 11.5. The monoisotopic (exact) mass is 924 g/mol. The number of anilines is 2. The van der Waals surface area contributed by atoms with Gasteiger partial charge in [-0.1, -0.05) is 109 Å². The highest BCUT2D eigenvalue weighted by Crippen LogP contribution is 2.63. The first-order chi connectivity index (χ1) is 27.0. The van der Waals surface area contributed by atoms with E-state index in [1.165, 1.54) is 69.6 Å². The number of sulfonamides is 2. The summed E-state index contributed by atoms with van der Waals surface area (Å²) in [5.74, 6) is 2.76. The van der Waals surface area contributed by atoms with Crippen LogP contribution in [0.1, 0.15) is 60.1 Å². The molecule has 0 amide bonds. The lowest BCUT2D eigenvalue weighted by Crippen LogP contribution is -2.30. The standard InChI is InChI=1S/C23H30N2O2S.C13H18N2O2S.C10H13I/c1-17-8-4-5-9-18(17)10-7-13-25-15-21-22(16-25)23(21,2)19-11-6-12-20(14-19)24-28(3,26)27;1-13(11-7-14-8-12(11)13)9-4-3-5-10(6-9)15-18(2,16)17;1-9-5-2-3-6-10(9)7-4-8-11/h4-6,8-9,11-12,14,21-22,24H,7,10,13,15-16H2,1-3H3;3-6,11-12,14-15H,7-8H2,1-2H3;2-3,5-6H,4,7-8H2,1H3. The molecule has 0 spiro atoms. The normalized spacial score (nSPS) is 25.9. The van der Waals surface area contributed by atoms with Crippen LogP contribution < -0.4 is 14.8 Å². The molecular formula is C46H61IN4O4S2. The van der Waals surface area contributed by atoms with Crippen LogP contribution in [0.25, 0.3) is 0 Å². The predicted molar refractivity (Wildman–Crippen MR) is 246 cm³/mol. The van der Waals surface area contributed by atoms with Gasteiger partial charge in [0.25, 0.3) is 0 Å². The number of rotatable bonds is 13. The Kier molecular flexibility index (Phi) is 13.9. The van der Waals surface area contributed by atoms with Crippen molar-refractivity contribution in [3.63, 3.8) is 0 Å². The second-order valence-corrected chi connectivity index (χ2v) is 21.6. The molecule has 2 heterocycles. The first-order valence-electron chi connectivity index (χ1n) is 20.3. The second kappa shape index (κ2) is 18.1. The molecule has 4 aromatic rings. The van der Waals surface area contributed by atoms with E-state index >= 15 is 0 Å². The summed E-state index contributed by atoms with van der Waals surface area (Å²) in [6.45, 7) is 14.6. The van der Waals surface area contributed by atoms with Gasteiger partial charge in [0.05, 0.1) is 12.5 Å². The Morgan fingerprint density at radius 2 is 1.09 bits per heavy atom. The van der Waals surface area contributed by atoms with Crippen molar-refractivity contribution < 1.29 is 16.8 Å². The quantitative estimate of drug-likeness (QED) is 0.0921. The van der Waals surface area contributed by atoms with Crippen molar-refractivity contribution in [2.45, 2.75) is 64.2 Å². The van der Waals surface area contributed by atoms with E-state index in [1.807, 2.05) is 30.3 Å². The molecule has 2 saturated heterocycles. The summed E-state index contributed by atoms with van der Waals surface area (Å²) in [6, 6.07) is 33.0. The Bertz CT molecular complexity index is 2210. The average molecular weight is 925 g/mol. The van der Waals surface area contributed by atoms with Crippen LogP contribution in [0, 0.1) is 37.5 Å². The molecule has 308 valence electrons. The van der Waals surface area contributed by atoms with Crippen LogP contribution in [0.15, 0.2) is 97.1 Å². The molecule has 4 aliphatic rings. The summed E-state index contributed by atoms with van der Waals surface area (Å²) in [4.78, 5) is 2.61. The van der Waals surface area contributed by atoms with Crippen LogP contribution in [-0.4, -0.2) is 71.4 Å². The average Bonchev–Trinajstić information content (AvgIpc) is 3.61. The predicted octanol–water partition coefficient (Wildman–Crippen LogP) is 8.35. The number of benzene rings is 4. The zero-order chi connectivity index (χ0) is 41.0. The van der Waals surface area contributed by atoms with Crippen LogP contribution in [-0.2, 0) is 43.7 Å². The van der Waals surface area contributed by atoms with Crippen molar-refractivity contribution in [2.24, 2.45) is 23.7 Å². The number of alkyl halides is 1. The van der Waals surface area contributed by atoms with Crippen molar-refractivity contribution in [3.05, 3.63) is 130 Å². The lowest BCUT2D eigenvalue weighted by Gasteiger charge is -2.25. The lowest BCUT2D eigenvalue weighted by molar-refractivity contribution is 0.274. The van der Waals surface area contributed by atoms with E-state index in [1.54, 1.807) is 6.07 Å². The number of halogens is 1. The number of aryl methyl sites for hydroxylation is 4. The maximum atomic E-state index is 11.5. The number of nitrogens with one attached hydrogen (secondary N) is 3. The summed E-state index contributed by atoms with van der Waals surface area (Å²) in [5, 5.41) is 3.39. The van der Waals surface area contributed by atoms with Gasteiger partial charge < -0.3 is 10.2 Å². The summed E-state index contributed by atoms with van der Waals surface area (Å²) >= 11 is 2.43. The van der Waals surface area contributed by atoms with Crippen LogP contribution in [0.2, 0.25) is 0 Å². The van der Waals surface area contributed by atoms with Crippen LogP contribution in [0.3, 0.4) is 0 Å². The molecule has 4 fully saturated rings. The number of hydrogen-bond acceptors (Lipinski definition) is 6. The Labute approximate surface area is 356 Å². The van der Waals surface area contributed by atoms with Gasteiger partial charge in [-0.25, -0.2) is 16.8 Å². The molecule has 0 aromatic heterocycles. The minimum atomic E-state index is -3.24.